The second kappa shape index (κ2) is 17.2. The number of nitrogens with zero attached hydrogens (tertiary/aromatic N) is 2. The number of amides is 1. The Labute approximate surface area is 222 Å². The second-order valence-corrected chi connectivity index (χ2v) is 8.59. The summed E-state index contributed by atoms with van der Waals surface area (Å²) < 4.78 is 11.2. The SMILES string of the molecule is C=C(C)CCC/C(C)=C/COc1ccc(/C=C/C(=O)N[C@@H](CCCN=C(N)N[N+](=O)[O-])C(=O)O)cc1OC. The molecule has 0 aliphatic rings. The first-order valence-electron chi connectivity index (χ1n) is 12.0. The summed E-state index contributed by atoms with van der Waals surface area (Å²) in [6.07, 6.45) is 8.11. The van der Waals surface area contributed by atoms with Crippen LogP contribution in [0.3, 0.4) is 0 Å². The van der Waals surface area contributed by atoms with Crippen molar-refractivity contribution in [1.29, 1.82) is 0 Å². The fraction of sp³-hybridized carbons (Fsp3) is 0.423. The number of carboxylic acids is 1. The van der Waals surface area contributed by atoms with Crippen LogP contribution >= 0.6 is 0 Å². The predicted molar refractivity (Wildman–Crippen MR) is 145 cm³/mol. The molecule has 0 saturated carbocycles. The van der Waals surface area contributed by atoms with Crippen LogP contribution in [-0.4, -0.2) is 54.3 Å². The molecule has 1 aromatic carbocycles. The first-order chi connectivity index (χ1) is 18.0. The molecule has 1 atom stereocenters. The number of allylic oxidation sites excluding steroid dienone is 2. The Bertz CT molecular complexity index is 1070. The van der Waals surface area contributed by atoms with Crippen LogP contribution in [0.1, 0.15) is 51.5 Å². The Kier molecular flexibility index (Phi) is 14.3. The summed E-state index contributed by atoms with van der Waals surface area (Å²) in [5, 5.41) is 21.2. The third-order valence-corrected chi connectivity index (χ3v) is 5.21. The van der Waals surface area contributed by atoms with Gasteiger partial charge in [0, 0.05) is 12.6 Å². The molecule has 0 heterocycles. The summed E-state index contributed by atoms with van der Waals surface area (Å²) in [5.41, 5.74) is 10.0. The lowest BCUT2D eigenvalue weighted by Gasteiger charge is -2.12. The van der Waals surface area contributed by atoms with Crippen LogP contribution in [0.15, 0.2) is 53.1 Å². The number of carboxylic acid groups (broad SMARTS) is 1. The lowest BCUT2D eigenvalue weighted by molar-refractivity contribution is -0.525. The van der Waals surface area contributed by atoms with Crippen LogP contribution < -0.4 is 25.9 Å². The number of hydrogen-bond acceptors (Lipinski definition) is 7. The minimum absolute atomic E-state index is 0.0563. The number of rotatable bonds is 17. The smallest absolute Gasteiger partial charge is 0.326 e. The average Bonchev–Trinajstić information content (AvgIpc) is 2.84. The molecule has 0 aliphatic heterocycles. The van der Waals surface area contributed by atoms with Gasteiger partial charge in [-0.3, -0.25) is 4.79 Å². The minimum Gasteiger partial charge on any atom is -0.493 e. The zero-order chi connectivity index (χ0) is 28.5. The maximum absolute atomic E-state index is 12.3. The number of benzene rings is 1. The summed E-state index contributed by atoms with van der Waals surface area (Å²) in [6, 6.07) is 4.04. The highest BCUT2D eigenvalue weighted by molar-refractivity contribution is 5.94. The van der Waals surface area contributed by atoms with E-state index in [9.17, 15) is 24.8 Å². The molecule has 1 aromatic rings. The molecular formula is C26H37N5O7. The molecule has 0 aromatic heterocycles. The molecule has 1 rings (SSSR count). The number of methoxy groups -OCH3 is 1. The lowest BCUT2D eigenvalue weighted by Crippen LogP contribution is -2.40. The molecule has 0 aliphatic carbocycles. The van der Waals surface area contributed by atoms with Gasteiger partial charge in [-0.1, -0.05) is 22.6 Å². The number of hydrazine groups is 1. The van der Waals surface area contributed by atoms with Crippen molar-refractivity contribution in [3.63, 3.8) is 0 Å². The van der Waals surface area contributed by atoms with Gasteiger partial charge in [-0.15, -0.1) is 6.58 Å². The average molecular weight is 532 g/mol. The number of nitrogens with one attached hydrogen (secondary N) is 2. The monoisotopic (exact) mass is 531 g/mol. The first kappa shape index (κ1) is 31.7. The first-order valence-corrected chi connectivity index (χ1v) is 12.0. The van der Waals surface area contributed by atoms with Crippen molar-refractivity contribution in [2.45, 2.75) is 52.0 Å². The largest absolute Gasteiger partial charge is 0.493 e. The van der Waals surface area contributed by atoms with Crippen molar-refractivity contribution in [1.82, 2.24) is 10.7 Å². The highest BCUT2D eigenvalue weighted by atomic mass is 16.7. The van der Waals surface area contributed by atoms with Gasteiger partial charge >= 0.3 is 5.97 Å². The van der Waals surface area contributed by atoms with E-state index in [1.807, 2.05) is 13.0 Å². The third kappa shape index (κ3) is 13.7. The van der Waals surface area contributed by atoms with Gasteiger partial charge in [-0.25, -0.2) is 19.9 Å². The van der Waals surface area contributed by atoms with Gasteiger partial charge in [-0.05, 0) is 75.8 Å². The highest BCUT2D eigenvalue weighted by Crippen LogP contribution is 2.28. The van der Waals surface area contributed by atoms with Crippen molar-refractivity contribution in [3.05, 3.63) is 63.8 Å². The number of guanidine groups is 1. The molecule has 0 bridgehead atoms. The molecule has 208 valence electrons. The maximum atomic E-state index is 12.3. The molecule has 38 heavy (non-hydrogen) atoms. The van der Waals surface area contributed by atoms with Crippen molar-refractivity contribution in [3.8, 4) is 11.5 Å². The van der Waals surface area contributed by atoms with Crippen LogP contribution in [0.5, 0.6) is 11.5 Å². The quantitative estimate of drug-likeness (QED) is 0.0446. The number of nitro groups is 1. The Morgan fingerprint density at radius 2 is 2.00 bits per heavy atom. The van der Waals surface area contributed by atoms with E-state index in [1.165, 1.54) is 30.4 Å². The van der Waals surface area contributed by atoms with E-state index in [-0.39, 0.29) is 25.3 Å². The van der Waals surface area contributed by atoms with E-state index < -0.39 is 23.0 Å². The van der Waals surface area contributed by atoms with Crippen LogP contribution in [0.2, 0.25) is 0 Å². The van der Waals surface area contributed by atoms with E-state index in [0.29, 0.717) is 23.7 Å². The molecule has 5 N–H and O–H groups in total. The lowest BCUT2D eigenvalue weighted by atomic mass is 10.1. The van der Waals surface area contributed by atoms with Crippen molar-refractivity contribution < 1.29 is 29.2 Å². The Morgan fingerprint density at radius 3 is 2.63 bits per heavy atom. The molecule has 12 nitrogen and oxygen atoms in total. The van der Waals surface area contributed by atoms with Gasteiger partial charge in [0.2, 0.25) is 5.91 Å². The van der Waals surface area contributed by atoms with E-state index in [1.54, 1.807) is 23.6 Å². The van der Waals surface area contributed by atoms with Gasteiger partial charge in [0.25, 0.3) is 5.96 Å². The van der Waals surface area contributed by atoms with Crippen molar-refractivity contribution in [2.75, 3.05) is 20.3 Å². The fourth-order valence-electron chi connectivity index (χ4n) is 3.22. The summed E-state index contributed by atoms with van der Waals surface area (Å²) in [4.78, 5) is 37.7. The second-order valence-electron chi connectivity index (χ2n) is 8.59. The fourth-order valence-corrected chi connectivity index (χ4v) is 3.22. The number of aliphatic imine (C=N–C) groups is 1. The van der Waals surface area contributed by atoms with E-state index in [2.05, 4.69) is 23.8 Å². The van der Waals surface area contributed by atoms with Crippen molar-refractivity contribution in [2.24, 2.45) is 10.7 Å². The van der Waals surface area contributed by atoms with Crippen LogP contribution in [-0.2, 0) is 9.59 Å². The van der Waals surface area contributed by atoms with Gasteiger partial charge in [0.1, 0.15) is 12.6 Å². The number of ether oxygens (including phenoxy) is 2. The molecular weight excluding hydrogens is 494 g/mol. The summed E-state index contributed by atoms with van der Waals surface area (Å²) in [7, 11) is 1.52. The summed E-state index contributed by atoms with van der Waals surface area (Å²) in [5.74, 6) is -1.14. The summed E-state index contributed by atoms with van der Waals surface area (Å²) in [6.45, 7) is 8.45. The Balaban J connectivity index is 2.64. The number of hydrogen-bond donors (Lipinski definition) is 4. The third-order valence-electron chi connectivity index (χ3n) is 5.21. The number of aliphatic carboxylic acids is 1. The maximum Gasteiger partial charge on any atom is 0.326 e. The van der Waals surface area contributed by atoms with Crippen LogP contribution in [0.25, 0.3) is 6.08 Å². The van der Waals surface area contributed by atoms with E-state index >= 15 is 0 Å². The number of carbonyl (C=O) groups excluding carboxylic acids is 1. The normalized spacial score (nSPS) is 12.6. The van der Waals surface area contributed by atoms with Gasteiger partial charge < -0.3 is 25.6 Å². The molecule has 0 spiro atoms. The molecule has 0 radical (unpaired) electrons. The highest BCUT2D eigenvalue weighted by Gasteiger charge is 2.18. The number of nitrogens with two attached hydrogens (primary N) is 1. The molecule has 0 fully saturated rings. The molecule has 0 saturated heterocycles. The predicted octanol–water partition coefficient (Wildman–Crippen LogP) is 3.23. The van der Waals surface area contributed by atoms with Crippen LogP contribution in [0, 0.1) is 10.1 Å². The van der Waals surface area contributed by atoms with Crippen molar-refractivity contribution >= 4 is 23.9 Å². The molecule has 1 amide bonds. The summed E-state index contributed by atoms with van der Waals surface area (Å²) >= 11 is 0. The Morgan fingerprint density at radius 1 is 1.26 bits per heavy atom. The van der Waals surface area contributed by atoms with Gasteiger partial charge in [0.05, 0.1) is 7.11 Å². The van der Waals surface area contributed by atoms with E-state index in [4.69, 9.17) is 15.2 Å². The standard InChI is InChI=1S/C26H37N5O7/c1-18(2)7-5-8-19(3)14-16-38-22-12-10-20(17-23(22)37-4)11-13-24(32)29-21(25(33)34)9-6-15-28-26(27)30-31(35)36/h10-14,17,21H,1,5-9,15-16H2,2-4H3,(H,29,32)(H,33,34)(H3,27,28,30)/b13-11+,19-14+/t21-/m0/s1. The number of carbonyl (C=O) groups is 2. The minimum atomic E-state index is -1.21. The van der Waals surface area contributed by atoms with Gasteiger partial charge in [0.15, 0.2) is 16.5 Å². The topological polar surface area (TPSA) is 178 Å². The molecule has 0 unspecified atom stereocenters. The van der Waals surface area contributed by atoms with Crippen LogP contribution in [0.4, 0.5) is 0 Å². The zero-order valence-electron chi connectivity index (χ0n) is 22.1. The van der Waals surface area contributed by atoms with Gasteiger partial charge in [-0.2, -0.15) is 0 Å². The molecule has 12 heteroatoms. The Hall–Kier alpha value is -4.35. The zero-order valence-corrected chi connectivity index (χ0v) is 22.1. The van der Waals surface area contributed by atoms with E-state index in [0.717, 1.165) is 19.3 Å².